The molecule has 0 unspecified atom stereocenters. The quantitative estimate of drug-likeness (QED) is 0.686. The average Bonchev–Trinajstić information content (AvgIpc) is 2.91. The normalized spacial score (nSPS) is 11.4. The second-order valence-corrected chi connectivity index (χ2v) is 6.22. The van der Waals surface area contributed by atoms with Crippen LogP contribution < -0.4 is 0 Å². The van der Waals surface area contributed by atoms with Gasteiger partial charge in [-0.1, -0.05) is 11.6 Å². The molecule has 0 aliphatic rings. The van der Waals surface area contributed by atoms with E-state index in [9.17, 15) is 0 Å². The van der Waals surface area contributed by atoms with Gasteiger partial charge in [-0.3, -0.25) is 4.40 Å². The van der Waals surface area contributed by atoms with E-state index in [1.165, 1.54) is 10.4 Å². The molecule has 0 saturated heterocycles. The molecule has 0 radical (unpaired) electrons. The van der Waals surface area contributed by atoms with E-state index in [0.29, 0.717) is 10.8 Å². The van der Waals surface area contributed by atoms with E-state index in [-0.39, 0.29) is 0 Å². The lowest BCUT2D eigenvalue weighted by Crippen LogP contribution is -2.00. The molecule has 0 fully saturated rings. The van der Waals surface area contributed by atoms with Crippen LogP contribution in [-0.2, 0) is 0 Å². The number of aryl methyl sites for hydroxylation is 4. The van der Waals surface area contributed by atoms with Crippen molar-refractivity contribution in [2.24, 2.45) is 0 Å². The van der Waals surface area contributed by atoms with Crippen LogP contribution in [0.5, 0.6) is 0 Å². The van der Waals surface area contributed by atoms with Gasteiger partial charge in [0.15, 0.2) is 16.6 Å². The van der Waals surface area contributed by atoms with E-state index in [1.807, 2.05) is 18.2 Å². The summed E-state index contributed by atoms with van der Waals surface area (Å²) in [5, 5.41) is 8.84. The highest BCUT2D eigenvalue weighted by atomic mass is 35.5. The van der Waals surface area contributed by atoms with Crippen molar-refractivity contribution < 1.29 is 0 Å². The molecule has 3 heterocycles. The highest BCUT2D eigenvalue weighted by Gasteiger charge is 2.17. The third-order valence-corrected chi connectivity index (χ3v) is 4.76. The Morgan fingerprint density at radius 2 is 1.89 bits per heavy atom. The Hall–Kier alpha value is -1.46. The Balaban J connectivity index is 2.36. The zero-order valence-electron chi connectivity index (χ0n) is 11.2. The predicted molar refractivity (Wildman–Crippen MR) is 78.1 cm³/mol. The monoisotopic (exact) mass is 292 g/mol. The van der Waals surface area contributed by atoms with Crippen LogP contribution in [0.4, 0.5) is 0 Å². The maximum absolute atomic E-state index is 6.14. The highest BCUT2D eigenvalue weighted by Crippen LogP contribution is 2.31. The summed E-state index contributed by atoms with van der Waals surface area (Å²) >= 11 is 7.86. The number of nitrogens with zero attached hydrogens (tertiary/aromatic N) is 4. The van der Waals surface area contributed by atoms with Crippen LogP contribution in [0.25, 0.3) is 16.3 Å². The molecule has 0 amide bonds. The van der Waals surface area contributed by atoms with Crippen molar-refractivity contribution in [2.75, 3.05) is 0 Å². The van der Waals surface area contributed by atoms with Gasteiger partial charge in [-0.25, -0.2) is 4.98 Å². The molecule has 98 valence electrons. The molecule has 3 rings (SSSR count). The van der Waals surface area contributed by atoms with Gasteiger partial charge >= 0.3 is 0 Å². The molecular formula is C13H13ClN4S. The molecule has 0 aromatic carbocycles. The van der Waals surface area contributed by atoms with E-state index in [4.69, 9.17) is 11.6 Å². The third kappa shape index (κ3) is 1.84. The molecule has 0 bridgehead atoms. The topological polar surface area (TPSA) is 43.1 Å². The van der Waals surface area contributed by atoms with E-state index in [1.54, 1.807) is 11.3 Å². The zero-order valence-corrected chi connectivity index (χ0v) is 12.7. The number of hydrogen-bond donors (Lipinski definition) is 0. The standard InChI is InChI=1S/C13H13ClN4S/c1-6-5-10(19-9(6)4)12-16-17-13-11(14)15-7(2)8(3)18(12)13/h5H,1-4H3. The van der Waals surface area contributed by atoms with Crippen molar-refractivity contribution in [3.8, 4) is 10.7 Å². The number of aromatic nitrogens is 4. The molecule has 4 nitrogen and oxygen atoms in total. The largest absolute Gasteiger partial charge is 0.275 e. The molecule has 19 heavy (non-hydrogen) atoms. The van der Waals surface area contributed by atoms with E-state index >= 15 is 0 Å². The van der Waals surface area contributed by atoms with Gasteiger partial charge in [0.2, 0.25) is 0 Å². The molecule has 0 saturated carbocycles. The Kier molecular flexibility index (Phi) is 2.83. The van der Waals surface area contributed by atoms with Crippen LogP contribution in [0.2, 0.25) is 5.15 Å². The molecular weight excluding hydrogens is 280 g/mol. The fourth-order valence-electron chi connectivity index (χ4n) is 2.02. The third-order valence-electron chi connectivity index (χ3n) is 3.36. The molecule has 0 aliphatic carbocycles. The minimum absolute atomic E-state index is 0.395. The summed E-state index contributed by atoms with van der Waals surface area (Å²) in [6, 6.07) is 2.14. The predicted octanol–water partition coefficient (Wildman–Crippen LogP) is 3.74. The second kappa shape index (κ2) is 4.28. The second-order valence-electron chi connectivity index (χ2n) is 4.61. The van der Waals surface area contributed by atoms with Crippen molar-refractivity contribution in [1.82, 2.24) is 19.6 Å². The van der Waals surface area contributed by atoms with Crippen molar-refractivity contribution in [3.63, 3.8) is 0 Å². The lowest BCUT2D eigenvalue weighted by molar-refractivity contribution is 1.00. The number of halogens is 1. The van der Waals surface area contributed by atoms with Crippen LogP contribution in [0.1, 0.15) is 21.8 Å². The fraction of sp³-hybridized carbons (Fsp3) is 0.308. The van der Waals surface area contributed by atoms with Crippen molar-refractivity contribution >= 4 is 28.6 Å². The van der Waals surface area contributed by atoms with Gasteiger partial charge in [0.05, 0.1) is 10.6 Å². The van der Waals surface area contributed by atoms with Crippen LogP contribution in [0.3, 0.4) is 0 Å². The van der Waals surface area contributed by atoms with Crippen molar-refractivity contribution in [3.05, 3.63) is 33.0 Å². The smallest absolute Gasteiger partial charge is 0.199 e. The highest BCUT2D eigenvalue weighted by molar-refractivity contribution is 7.15. The summed E-state index contributed by atoms with van der Waals surface area (Å²) in [7, 11) is 0. The van der Waals surface area contributed by atoms with Gasteiger partial charge in [0, 0.05) is 10.6 Å². The molecule has 3 aromatic rings. The summed E-state index contributed by atoms with van der Waals surface area (Å²) in [6.45, 7) is 8.16. The summed E-state index contributed by atoms with van der Waals surface area (Å²) in [6.07, 6.45) is 0. The van der Waals surface area contributed by atoms with E-state index in [2.05, 4.69) is 35.1 Å². The van der Waals surface area contributed by atoms with Gasteiger partial charge in [0.25, 0.3) is 0 Å². The molecule has 3 aromatic heterocycles. The van der Waals surface area contributed by atoms with Gasteiger partial charge in [-0.2, -0.15) is 0 Å². The van der Waals surface area contributed by atoms with Crippen LogP contribution in [0, 0.1) is 27.7 Å². The molecule has 0 spiro atoms. The molecule has 0 N–H and O–H groups in total. The van der Waals surface area contributed by atoms with Crippen LogP contribution in [0.15, 0.2) is 6.07 Å². The Labute approximate surface area is 120 Å². The van der Waals surface area contributed by atoms with Gasteiger partial charge in [-0.15, -0.1) is 21.5 Å². The Morgan fingerprint density at radius 1 is 1.16 bits per heavy atom. The minimum atomic E-state index is 0.395. The summed E-state index contributed by atoms with van der Waals surface area (Å²) < 4.78 is 1.98. The summed E-state index contributed by atoms with van der Waals surface area (Å²) in [4.78, 5) is 6.67. The van der Waals surface area contributed by atoms with E-state index < -0.39 is 0 Å². The summed E-state index contributed by atoms with van der Waals surface area (Å²) in [5.74, 6) is 0.834. The zero-order chi connectivity index (χ0) is 13.7. The Bertz CT molecular complexity index is 768. The fourth-order valence-corrected chi connectivity index (χ4v) is 3.28. The number of rotatable bonds is 1. The maximum atomic E-state index is 6.14. The average molecular weight is 293 g/mol. The van der Waals surface area contributed by atoms with Crippen LogP contribution in [-0.4, -0.2) is 19.6 Å². The first kappa shape index (κ1) is 12.6. The maximum Gasteiger partial charge on any atom is 0.199 e. The van der Waals surface area contributed by atoms with Gasteiger partial charge in [0.1, 0.15) is 0 Å². The number of thiophene rings is 1. The number of hydrogen-bond acceptors (Lipinski definition) is 4. The lowest BCUT2D eigenvalue weighted by atomic mass is 10.3. The summed E-state index contributed by atoms with van der Waals surface area (Å²) in [5.41, 5.74) is 3.79. The van der Waals surface area contributed by atoms with Gasteiger partial charge in [-0.05, 0) is 39.3 Å². The molecule has 6 heteroatoms. The lowest BCUT2D eigenvalue weighted by Gasteiger charge is -2.06. The Morgan fingerprint density at radius 3 is 2.53 bits per heavy atom. The minimum Gasteiger partial charge on any atom is -0.275 e. The molecule has 0 aliphatic heterocycles. The van der Waals surface area contributed by atoms with E-state index in [0.717, 1.165) is 22.1 Å². The van der Waals surface area contributed by atoms with Crippen molar-refractivity contribution in [2.45, 2.75) is 27.7 Å². The molecule has 0 atom stereocenters. The van der Waals surface area contributed by atoms with Gasteiger partial charge < -0.3 is 0 Å². The number of fused-ring (bicyclic) bond motifs is 1. The SMILES string of the molecule is Cc1cc(-c2nnc3c(Cl)nc(C)c(C)n23)sc1C. The van der Waals surface area contributed by atoms with Crippen LogP contribution >= 0.6 is 22.9 Å². The first-order chi connectivity index (χ1) is 8.99. The van der Waals surface area contributed by atoms with Crippen molar-refractivity contribution in [1.29, 1.82) is 0 Å². The first-order valence-electron chi connectivity index (χ1n) is 5.94. The first-order valence-corrected chi connectivity index (χ1v) is 7.13.